The SMILES string of the molecule is CCCCCCCCCCCCCCCCCCOCCOCCOCCOCCOCCOCCOCCOCCOCCOC(=O)C(=O)c1ccccc1. The third-order valence-corrected chi connectivity index (χ3v) is 8.80. The predicted octanol–water partition coefficient (Wildman–Crippen LogP) is 7.82. The van der Waals surface area contributed by atoms with E-state index in [0.717, 1.165) is 13.0 Å². The lowest BCUT2D eigenvalue weighted by molar-refractivity contribution is -0.139. The summed E-state index contributed by atoms with van der Waals surface area (Å²) in [7, 11) is 0. The molecule has 0 aliphatic carbocycles. The Kier molecular flexibility index (Phi) is 41.0. The summed E-state index contributed by atoms with van der Waals surface area (Å²) < 4.78 is 54.5. The first-order chi connectivity index (χ1) is 27.8. The molecular weight excluding hydrogens is 720 g/mol. The number of Topliss-reactive ketones (excluding diaryl/α,β-unsaturated/α-hetero) is 1. The molecular formula is C44H78O12. The first-order valence-electron chi connectivity index (χ1n) is 21.7. The number of benzene rings is 1. The summed E-state index contributed by atoms with van der Waals surface area (Å²) in [5, 5.41) is 0. The standard InChI is InChI=1S/C44H78O12/c1-2-3-4-5-6-7-8-9-10-11-12-13-14-15-16-20-23-47-24-25-48-26-27-49-28-29-50-30-31-51-32-33-52-34-35-53-36-37-54-38-39-55-40-41-56-44(46)43(45)42-21-18-17-19-22-42/h17-19,21-22H,2-16,20,23-41H2,1H3. The van der Waals surface area contributed by atoms with Crippen molar-refractivity contribution in [3.63, 3.8) is 0 Å². The maximum Gasteiger partial charge on any atom is 0.379 e. The number of esters is 1. The van der Waals surface area contributed by atoms with Gasteiger partial charge in [-0.05, 0) is 6.42 Å². The van der Waals surface area contributed by atoms with Gasteiger partial charge in [0.2, 0.25) is 0 Å². The number of ether oxygens (including phenoxy) is 10. The number of hydrogen-bond acceptors (Lipinski definition) is 12. The molecule has 1 aromatic carbocycles. The minimum atomic E-state index is -0.892. The molecule has 0 aliphatic rings. The lowest BCUT2D eigenvalue weighted by Crippen LogP contribution is -2.20. The van der Waals surface area contributed by atoms with Crippen LogP contribution in [0.2, 0.25) is 0 Å². The molecule has 0 heterocycles. The molecule has 0 saturated heterocycles. The van der Waals surface area contributed by atoms with E-state index in [1.54, 1.807) is 30.3 Å². The second-order valence-electron chi connectivity index (χ2n) is 13.6. The average Bonchev–Trinajstić information content (AvgIpc) is 3.22. The number of carbonyl (C=O) groups is 2. The van der Waals surface area contributed by atoms with E-state index >= 15 is 0 Å². The zero-order chi connectivity index (χ0) is 40.1. The first kappa shape index (κ1) is 52.0. The van der Waals surface area contributed by atoms with Gasteiger partial charge < -0.3 is 47.4 Å². The molecule has 0 fully saturated rings. The Morgan fingerprint density at radius 2 is 0.607 bits per heavy atom. The van der Waals surface area contributed by atoms with Crippen molar-refractivity contribution >= 4 is 11.8 Å². The Bertz CT molecular complexity index is 951. The van der Waals surface area contributed by atoms with Crippen LogP contribution in [-0.4, -0.2) is 137 Å². The Morgan fingerprint density at radius 1 is 0.339 bits per heavy atom. The van der Waals surface area contributed by atoms with Crippen molar-refractivity contribution in [3.8, 4) is 0 Å². The van der Waals surface area contributed by atoms with Gasteiger partial charge in [0.15, 0.2) is 0 Å². The van der Waals surface area contributed by atoms with Crippen molar-refractivity contribution in [1.82, 2.24) is 0 Å². The molecule has 12 nitrogen and oxygen atoms in total. The number of rotatable bonds is 46. The van der Waals surface area contributed by atoms with Crippen molar-refractivity contribution < 1.29 is 57.0 Å². The fourth-order valence-electron chi connectivity index (χ4n) is 5.58. The van der Waals surface area contributed by atoms with Gasteiger partial charge in [0.25, 0.3) is 5.78 Å². The van der Waals surface area contributed by atoms with Gasteiger partial charge in [-0.15, -0.1) is 0 Å². The molecule has 0 atom stereocenters. The van der Waals surface area contributed by atoms with E-state index in [1.807, 2.05) is 0 Å². The van der Waals surface area contributed by atoms with Crippen molar-refractivity contribution in [3.05, 3.63) is 35.9 Å². The molecule has 0 amide bonds. The van der Waals surface area contributed by atoms with Gasteiger partial charge in [-0.25, -0.2) is 4.79 Å². The van der Waals surface area contributed by atoms with E-state index in [1.165, 1.54) is 96.3 Å². The van der Waals surface area contributed by atoms with Gasteiger partial charge in [0.05, 0.1) is 112 Å². The van der Waals surface area contributed by atoms with Crippen LogP contribution < -0.4 is 0 Å². The van der Waals surface area contributed by atoms with Crippen LogP contribution in [0.4, 0.5) is 0 Å². The molecule has 0 spiro atoms. The Hall–Kier alpha value is -2.00. The van der Waals surface area contributed by atoms with E-state index in [0.29, 0.717) is 111 Å². The predicted molar refractivity (Wildman–Crippen MR) is 219 cm³/mol. The smallest absolute Gasteiger partial charge is 0.379 e. The summed E-state index contributed by atoms with van der Waals surface area (Å²) in [6.45, 7) is 11.2. The van der Waals surface area contributed by atoms with Crippen LogP contribution >= 0.6 is 0 Å². The van der Waals surface area contributed by atoms with Crippen LogP contribution in [0.1, 0.15) is 120 Å². The van der Waals surface area contributed by atoms with E-state index in [9.17, 15) is 9.59 Å². The van der Waals surface area contributed by atoms with Crippen molar-refractivity contribution in [1.29, 1.82) is 0 Å². The number of unbranched alkanes of at least 4 members (excludes halogenated alkanes) is 15. The third-order valence-electron chi connectivity index (χ3n) is 8.80. The molecule has 0 N–H and O–H groups in total. The fraction of sp³-hybridized carbons (Fsp3) is 0.818. The molecule has 0 aliphatic heterocycles. The molecule has 12 heteroatoms. The molecule has 326 valence electrons. The van der Waals surface area contributed by atoms with Crippen LogP contribution in [0, 0.1) is 0 Å². The van der Waals surface area contributed by atoms with E-state index in [2.05, 4.69) is 6.92 Å². The van der Waals surface area contributed by atoms with E-state index in [4.69, 9.17) is 47.4 Å². The van der Waals surface area contributed by atoms with Crippen molar-refractivity contribution in [2.45, 2.75) is 110 Å². The molecule has 0 bridgehead atoms. The van der Waals surface area contributed by atoms with E-state index in [-0.39, 0.29) is 13.2 Å². The lowest BCUT2D eigenvalue weighted by atomic mass is 10.0. The quantitative estimate of drug-likeness (QED) is 0.0276. The largest absolute Gasteiger partial charge is 0.457 e. The number of ketones is 1. The van der Waals surface area contributed by atoms with Gasteiger partial charge in [-0.2, -0.15) is 0 Å². The van der Waals surface area contributed by atoms with Crippen LogP contribution in [0.15, 0.2) is 30.3 Å². The Labute approximate surface area is 339 Å². The molecule has 0 aromatic heterocycles. The zero-order valence-electron chi connectivity index (χ0n) is 35.0. The Balaban J connectivity index is 1.63. The van der Waals surface area contributed by atoms with Gasteiger partial charge in [-0.3, -0.25) is 4.79 Å². The van der Waals surface area contributed by atoms with Crippen LogP contribution in [0.5, 0.6) is 0 Å². The topological polar surface area (TPSA) is 126 Å². The highest BCUT2D eigenvalue weighted by molar-refractivity contribution is 6.40. The molecule has 1 rings (SSSR count). The second-order valence-corrected chi connectivity index (χ2v) is 13.6. The Morgan fingerprint density at radius 3 is 0.929 bits per heavy atom. The maximum absolute atomic E-state index is 11.9. The summed E-state index contributed by atoms with van der Waals surface area (Å²) in [5.41, 5.74) is 0.300. The minimum absolute atomic E-state index is 0.00223. The van der Waals surface area contributed by atoms with Gasteiger partial charge in [0, 0.05) is 12.2 Å². The normalized spacial score (nSPS) is 11.4. The van der Waals surface area contributed by atoms with Gasteiger partial charge in [0.1, 0.15) is 6.61 Å². The average molecular weight is 799 g/mol. The summed E-state index contributed by atoms with van der Waals surface area (Å²) in [4.78, 5) is 23.7. The van der Waals surface area contributed by atoms with Gasteiger partial charge in [-0.1, -0.05) is 134 Å². The second kappa shape index (κ2) is 44.1. The van der Waals surface area contributed by atoms with E-state index < -0.39 is 11.8 Å². The van der Waals surface area contributed by atoms with Crippen molar-refractivity contribution in [2.24, 2.45) is 0 Å². The zero-order valence-corrected chi connectivity index (χ0v) is 35.0. The molecule has 56 heavy (non-hydrogen) atoms. The fourth-order valence-corrected chi connectivity index (χ4v) is 5.58. The monoisotopic (exact) mass is 799 g/mol. The molecule has 0 saturated carbocycles. The summed E-state index contributed by atoms with van der Waals surface area (Å²) in [6.07, 6.45) is 22.1. The molecule has 0 unspecified atom stereocenters. The third kappa shape index (κ3) is 37.6. The highest BCUT2D eigenvalue weighted by Crippen LogP contribution is 2.13. The maximum atomic E-state index is 11.9. The lowest BCUT2D eigenvalue weighted by Gasteiger charge is -2.09. The summed E-state index contributed by atoms with van der Waals surface area (Å²) in [6, 6.07) is 8.28. The van der Waals surface area contributed by atoms with Crippen molar-refractivity contribution in [2.75, 3.05) is 126 Å². The van der Waals surface area contributed by atoms with Crippen LogP contribution in [0.25, 0.3) is 0 Å². The van der Waals surface area contributed by atoms with Gasteiger partial charge >= 0.3 is 5.97 Å². The molecule has 1 aromatic rings. The summed E-state index contributed by atoms with van der Waals surface area (Å²) in [5.74, 6) is -1.56. The first-order valence-corrected chi connectivity index (χ1v) is 21.7. The highest BCUT2D eigenvalue weighted by atomic mass is 16.6. The van der Waals surface area contributed by atoms with Crippen LogP contribution in [-0.2, 0) is 52.2 Å². The highest BCUT2D eigenvalue weighted by Gasteiger charge is 2.17. The van der Waals surface area contributed by atoms with Crippen LogP contribution in [0.3, 0.4) is 0 Å². The molecule has 0 radical (unpaired) electrons. The minimum Gasteiger partial charge on any atom is -0.457 e. The number of hydrogen-bond donors (Lipinski definition) is 0. The number of carbonyl (C=O) groups excluding carboxylic acids is 2. The summed E-state index contributed by atoms with van der Waals surface area (Å²) >= 11 is 0.